The van der Waals surface area contributed by atoms with E-state index in [0.717, 1.165) is 15.8 Å². The Labute approximate surface area is 154 Å². The van der Waals surface area contributed by atoms with Gasteiger partial charge in [-0.05, 0) is 37.6 Å². The topological polar surface area (TPSA) is 60.5 Å². The Morgan fingerprint density at radius 1 is 1.27 bits per heavy atom. The van der Waals surface area contributed by atoms with Crippen LogP contribution < -0.4 is 10.1 Å². The molecule has 3 aromatic rings. The summed E-state index contributed by atoms with van der Waals surface area (Å²) in [4.78, 5) is 18.2. The van der Waals surface area contributed by atoms with E-state index < -0.39 is 5.82 Å². The highest BCUT2D eigenvalue weighted by atomic mass is 32.1. The van der Waals surface area contributed by atoms with Gasteiger partial charge in [-0.25, -0.2) is 9.37 Å². The van der Waals surface area contributed by atoms with Crippen molar-refractivity contribution in [2.75, 3.05) is 25.1 Å². The lowest BCUT2D eigenvalue weighted by molar-refractivity contribution is 0.102. The van der Waals surface area contributed by atoms with E-state index in [9.17, 15) is 9.18 Å². The summed E-state index contributed by atoms with van der Waals surface area (Å²) < 4.78 is 25.1. The molecule has 0 radical (unpaired) electrons. The first-order chi connectivity index (χ1) is 12.6. The van der Waals surface area contributed by atoms with Crippen molar-refractivity contribution in [1.82, 2.24) is 4.98 Å². The van der Waals surface area contributed by atoms with Crippen molar-refractivity contribution in [1.29, 1.82) is 0 Å². The van der Waals surface area contributed by atoms with Crippen LogP contribution in [0.15, 0.2) is 36.5 Å². The molecule has 2 heterocycles. The van der Waals surface area contributed by atoms with Crippen molar-refractivity contribution in [2.45, 2.75) is 13.8 Å². The molecule has 0 fully saturated rings. The van der Waals surface area contributed by atoms with Crippen molar-refractivity contribution in [2.24, 2.45) is 0 Å². The van der Waals surface area contributed by atoms with Crippen LogP contribution in [0.2, 0.25) is 0 Å². The molecule has 0 aliphatic rings. The van der Waals surface area contributed by atoms with Crippen LogP contribution in [-0.4, -0.2) is 30.7 Å². The van der Waals surface area contributed by atoms with Gasteiger partial charge in [0.15, 0.2) is 11.6 Å². The molecular weight excluding hydrogens is 355 g/mol. The highest BCUT2D eigenvalue weighted by Crippen LogP contribution is 2.31. The smallest absolute Gasteiger partial charge is 0.266 e. The van der Waals surface area contributed by atoms with Crippen molar-refractivity contribution in [3.05, 3.63) is 52.8 Å². The number of thiophene rings is 1. The van der Waals surface area contributed by atoms with Gasteiger partial charge in [0, 0.05) is 18.2 Å². The molecule has 0 saturated heterocycles. The number of aromatic nitrogens is 1. The third-order valence-corrected chi connectivity index (χ3v) is 5.04. The molecule has 2 aromatic heterocycles. The lowest BCUT2D eigenvalue weighted by atomic mass is 10.2. The summed E-state index contributed by atoms with van der Waals surface area (Å²) in [6.45, 7) is 4.93. The molecule has 0 spiro atoms. The Kier molecular flexibility index (Phi) is 5.80. The molecule has 7 heteroatoms. The number of amides is 1. The fourth-order valence-electron chi connectivity index (χ4n) is 2.52. The second-order valence-electron chi connectivity index (χ2n) is 5.53. The molecule has 0 aliphatic heterocycles. The summed E-state index contributed by atoms with van der Waals surface area (Å²) >= 11 is 1.29. The van der Waals surface area contributed by atoms with Crippen LogP contribution in [0.25, 0.3) is 10.2 Å². The molecule has 136 valence electrons. The van der Waals surface area contributed by atoms with Crippen LogP contribution in [-0.2, 0) is 4.74 Å². The van der Waals surface area contributed by atoms with E-state index in [1.807, 2.05) is 26.0 Å². The molecule has 0 aliphatic carbocycles. The summed E-state index contributed by atoms with van der Waals surface area (Å²) in [5, 5.41) is 3.55. The predicted octanol–water partition coefficient (Wildman–Crippen LogP) is 4.41. The molecule has 1 N–H and O–H groups in total. The number of hydrogen-bond donors (Lipinski definition) is 1. The van der Waals surface area contributed by atoms with E-state index in [1.165, 1.54) is 23.5 Å². The molecule has 26 heavy (non-hydrogen) atoms. The highest BCUT2D eigenvalue weighted by Gasteiger charge is 2.18. The number of anilines is 1. The number of aryl methyl sites for hydroxylation is 1. The lowest BCUT2D eigenvalue weighted by Gasteiger charge is -2.11. The molecule has 0 atom stereocenters. The summed E-state index contributed by atoms with van der Waals surface area (Å²) in [5.41, 5.74) is 0.911. The predicted molar refractivity (Wildman–Crippen MR) is 101 cm³/mol. The van der Waals surface area contributed by atoms with Gasteiger partial charge in [-0.3, -0.25) is 4.79 Å². The maximum atomic E-state index is 14.6. The Bertz CT molecular complexity index is 926. The summed E-state index contributed by atoms with van der Waals surface area (Å²) in [7, 11) is 0. The Balaban J connectivity index is 1.77. The lowest BCUT2D eigenvalue weighted by Crippen LogP contribution is -2.13. The number of halogens is 1. The van der Waals surface area contributed by atoms with E-state index in [0.29, 0.717) is 18.1 Å². The maximum Gasteiger partial charge on any atom is 0.266 e. The fraction of sp³-hybridized carbons (Fsp3) is 0.263. The number of ether oxygens (including phenoxy) is 2. The van der Waals surface area contributed by atoms with E-state index in [4.69, 9.17) is 9.47 Å². The van der Waals surface area contributed by atoms with Crippen molar-refractivity contribution in [3.8, 4) is 5.75 Å². The fourth-order valence-corrected chi connectivity index (χ4v) is 3.57. The number of fused-ring (bicyclic) bond motifs is 1. The van der Waals surface area contributed by atoms with Crippen molar-refractivity contribution in [3.63, 3.8) is 0 Å². The summed E-state index contributed by atoms with van der Waals surface area (Å²) in [6.07, 6.45) is 1.68. The van der Waals surface area contributed by atoms with Crippen LogP contribution >= 0.6 is 11.3 Å². The largest absolute Gasteiger partial charge is 0.488 e. The molecule has 0 saturated carbocycles. The molecule has 1 amide bonds. The van der Waals surface area contributed by atoms with Gasteiger partial charge in [-0.15, -0.1) is 11.3 Å². The van der Waals surface area contributed by atoms with E-state index in [-0.39, 0.29) is 24.0 Å². The number of nitrogens with one attached hydrogen (secondary N) is 1. The van der Waals surface area contributed by atoms with Gasteiger partial charge in [0.25, 0.3) is 5.91 Å². The number of hydrogen-bond acceptors (Lipinski definition) is 5. The third kappa shape index (κ3) is 3.84. The van der Waals surface area contributed by atoms with E-state index in [2.05, 4.69) is 10.3 Å². The zero-order chi connectivity index (χ0) is 18.5. The minimum atomic E-state index is -0.603. The number of benzene rings is 1. The Morgan fingerprint density at radius 2 is 2.12 bits per heavy atom. The number of rotatable bonds is 7. The highest BCUT2D eigenvalue weighted by molar-refractivity contribution is 7.20. The third-order valence-electron chi connectivity index (χ3n) is 3.82. The number of pyridine rings is 1. The van der Waals surface area contributed by atoms with Crippen LogP contribution in [0.4, 0.5) is 10.1 Å². The van der Waals surface area contributed by atoms with Gasteiger partial charge in [-0.1, -0.05) is 12.1 Å². The molecule has 5 nitrogen and oxygen atoms in total. The van der Waals surface area contributed by atoms with Gasteiger partial charge in [-0.2, -0.15) is 0 Å². The molecular formula is C19H19FN2O3S. The first kappa shape index (κ1) is 18.3. The minimum absolute atomic E-state index is 0.0775. The van der Waals surface area contributed by atoms with Gasteiger partial charge >= 0.3 is 0 Å². The first-order valence-electron chi connectivity index (χ1n) is 8.26. The average Bonchev–Trinajstić information content (AvgIpc) is 2.99. The number of carbonyl (C=O) groups is 1. The van der Waals surface area contributed by atoms with Gasteiger partial charge < -0.3 is 14.8 Å². The van der Waals surface area contributed by atoms with Gasteiger partial charge in [0.1, 0.15) is 11.4 Å². The summed E-state index contributed by atoms with van der Waals surface area (Å²) in [5.74, 6) is -0.887. The number of nitrogens with zero attached hydrogens (tertiary/aromatic N) is 1. The summed E-state index contributed by atoms with van der Waals surface area (Å²) in [6, 6.07) is 8.40. The minimum Gasteiger partial charge on any atom is -0.488 e. The van der Waals surface area contributed by atoms with Crippen molar-refractivity contribution < 1.29 is 18.7 Å². The number of carbonyl (C=O) groups excluding carboxylic acids is 1. The van der Waals surface area contributed by atoms with Crippen LogP contribution in [0.3, 0.4) is 0 Å². The first-order valence-corrected chi connectivity index (χ1v) is 9.08. The van der Waals surface area contributed by atoms with Crippen LogP contribution in [0, 0.1) is 12.7 Å². The maximum absolute atomic E-state index is 14.6. The molecule has 3 rings (SSSR count). The second kappa shape index (κ2) is 8.25. The SMILES string of the molecule is CCOCCOc1cccc(NC(=O)c2sc3ncccc3c2C)c1F. The van der Waals surface area contributed by atoms with E-state index in [1.54, 1.807) is 12.3 Å². The zero-order valence-corrected chi connectivity index (χ0v) is 15.4. The normalized spacial score (nSPS) is 10.9. The van der Waals surface area contributed by atoms with Gasteiger partial charge in [0.05, 0.1) is 17.2 Å². The van der Waals surface area contributed by atoms with E-state index >= 15 is 0 Å². The van der Waals surface area contributed by atoms with Crippen LogP contribution in [0.5, 0.6) is 5.75 Å². The second-order valence-corrected chi connectivity index (χ2v) is 6.53. The standard InChI is InChI=1S/C19H19FN2O3S/c1-3-24-10-11-25-15-8-4-7-14(16(15)20)22-18(23)17-12(2)13-6-5-9-21-19(13)26-17/h4-9H,3,10-11H2,1-2H3,(H,22,23). The molecule has 0 bridgehead atoms. The Morgan fingerprint density at radius 3 is 2.88 bits per heavy atom. The quantitative estimate of drug-likeness (QED) is 0.622. The zero-order valence-electron chi connectivity index (χ0n) is 14.5. The molecule has 1 aromatic carbocycles. The van der Waals surface area contributed by atoms with Crippen LogP contribution in [0.1, 0.15) is 22.2 Å². The Hall–Kier alpha value is -2.51. The molecule has 0 unspecified atom stereocenters. The van der Waals surface area contributed by atoms with Crippen molar-refractivity contribution >= 4 is 33.1 Å². The van der Waals surface area contributed by atoms with Gasteiger partial charge in [0.2, 0.25) is 0 Å². The monoisotopic (exact) mass is 374 g/mol. The average molecular weight is 374 g/mol.